The summed E-state index contributed by atoms with van der Waals surface area (Å²) in [5.74, 6) is 0.420. The van der Waals surface area contributed by atoms with Crippen LogP contribution in [0.25, 0.3) is 0 Å². The van der Waals surface area contributed by atoms with Gasteiger partial charge in [0.25, 0.3) is 0 Å². The molecule has 0 aliphatic carbocycles. The summed E-state index contributed by atoms with van der Waals surface area (Å²) >= 11 is 3.36. The maximum Gasteiger partial charge on any atom is 0.338 e. The third-order valence-corrected chi connectivity index (χ3v) is 3.91. The highest BCUT2D eigenvalue weighted by molar-refractivity contribution is 9.10. The molecular formula is C19H21BrO3. The van der Waals surface area contributed by atoms with Gasteiger partial charge in [-0.2, -0.15) is 0 Å². The molecule has 0 fully saturated rings. The Kier molecular flexibility index (Phi) is 5.83. The second kappa shape index (κ2) is 7.64. The van der Waals surface area contributed by atoms with E-state index >= 15 is 0 Å². The number of rotatable bonds is 5. The molecule has 0 aliphatic heterocycles. The molecule has 122 valence electrons. The molecule has 0 saturated heterocycles. The van der Waals surface area contributed by atoms with E-state index in [1.807, 2.05) is 36.4 Å². The van der Waals surface area contributed by atoms with Gasteiger partial charge in [0.05, 0.1) is 5.56 Å². The number of esters is 1. The van der Waals surface area contributed by atoms with Crippen molar-refractivity contribution in [3.05, 3.63) is 64.1 Å². The van der Waals surface area contributed by atoms with Gasteiger partial charge in [-0.25, -0.2) is 4.79 Å². The number of carbonyl (C=O) groups excluding carboxylic acids is 1. The van der Waals surface area contributed by atoms with E-state index in [9.17, 15) is 4.79 Å². The average Bonchev–Trinajstić information content (AvgIpc) is 2.52. The predicted octanol–water partition coefficient (Wildman–Crippen LogP) is 4.98. The van der Waals surface area contributed by atoms with Crippen LogP contribution < -0.4 is 4.74 Å². The van der Waals surface area contributed by atoms with Crippen molar-refractivity contribution in [2.75, 3.05) is 13.2 Å². The fraction of sp³-hybridized carbons (Fsp3) is 0.316. The van der Waals surface area contributed by atoms with E-state index in [2.05, 4.69) is 36.7 Å². The summed E-state index contributed by atoms with van der Waals surface area (Å²) in [5, 5.41) is 0. The molecule has 0 aliphatic rings. The minimum atomic E-state index is -0.329. The maximum absolute atomic E-state index is 12.0. The largest absolute Gasteiger partial charge is 0.490 e. The van der Waals surface area contributed by atoms with E-state index < -0.39 is 0 Å². The molecule has 0 amide bonds. The van der Waals surface area contributed by atoms with E-state index in [-0.39, 0.29) is 18.0 Å². The van der Waals surface area contributed by atoms with Crippen LogP contribution in [0.15, 0.2) is 53.0 Å². The highest BCUT2D eigenvalue weighted by atomic mass is 79.9. The highest BCUT2D eigenvalue weighted by Gasteiger charge is 2.14. The molecule has 0 bridgehead atoms. The molecule has 0 spiro atoms. The van der Waals surface area contributed by atoms with Crippen LogP contribution in [-0.2, 0) is 10.2 Å². The standard InChI is InChI=1S/C19H21BrO3/c1-19(2,3)15-6-4-14(5-7-15)18(21)23-13-12-22-17-10-8-16(20)9-11-17/h4-11H,12-13H2,1-3H3. The predicted molar refractivity (Wildman–Crippen MR) is 95.1 cm³/mol. The molecule has 0 radical (unpaired) electrons. The number of ether oxygens (including phenoxy) is 2. The molecular weight excluding hydrogens is 356 g/mol. The van der Waals surface area contributed by atoms with Crippen LogP contribution in [0.2, 0.25) is 0 Å². The Morgan fingerprint density at radius 3 is 2.13 bits per heavy atom. The second-order valence-corrected chi connectivity index (χ2v) is 7.18. The Labute approximate surface area is 145 Å². The Bertz CT molecular complexity index is 640. The van der Waals surface area contributed by atoms with Crippen molar-refractivity contribution < 1.29 is 14.3 Å². The maximum atomic E-state index is 12.0. The Morgan fingerprint density at radius 1 is 0.957 bits per heavy atom. The molecule has 4 heteroatoms. The van der Waals surface area contributed by atoms with Gasteiger partial charge in [0.1, 0.15) is 19.0 Å². The van der Waals surface area contributed by atoms with Crippen molar-refractivity contribution >= 4 is 21.9 Å². The second-order valence-electron chi connectivity index (χ2n) is 6.27. The van der Waals surface area contributed by atoms with E-state index in [4.69, 9.17) is 9.47 Å². The van der Waals surface area contributed by atoms with Crippen LogP contribution in [0.5, 0.6) is 5.75 Å². The summed E-state index contributed by atoms with van der Waals surface area (Å²) < 4.78 is 11.7. The lowest BCUT2D eigenvalue weighted by Gasteiger charge is -2.18. The summed E-state index contributed by atoms with van der Waals surface area (Å²) in [6.45, 7) is 6.96. The van der Waals surface area contributed by atoms with Gasteiger partial charge in [-0.1, -0.05) is 48.8 Å². The van der Waals surface area contributed by atoms with Crippen molar-refractivity contribution in [1.29, 1.82) is 0 Å². The third kappa shape index (κ3) is 5.39. The van der Waals surface area contributed by atoms with Crippen LogP contribution in [0.4, 0.5) is 0 Å². The summed E-state index contributed by atoms with van der Waals surface area (Å²) in [5.41, 5.74) is 1.82. The van der Waals surface area contributed by atoms with Gasteiger partial charge in [0.2, 0.25) is 0 Å². The first-order valence-corrected chi connectivity index (χ1v) is 8.31. The molecule has 3 nitrogen and oxygen atoms in total. The van der Waals surface area contributed by atoms with Crippen LogP contribution in [-0.4, -0.2) is 19.2 Å². The van der Waals surface area contributed by atoms with Crippen molar-refractivity contribution in [3.8, 4) is 5.75 Å². The highest BCUT2D eigenvalue weighted by Crippen LogP contribution is 2.22. The lowest BCUT2D eigenvalue weighted by atomic mass is 9.87. The Hall–Kier alpha value is -1.81. The zero-order valence-electron chi connectivity index (χ0n) is 13.6. The monoisotopic (exact) mass is 376 g/mol. The number of halogens is 1. The van der Waals surface area contributed by atoms with Crippen LogP contribution >= 0.6 is 15.9 Å². The fourth-order valence-corrected chi connectivity index (χ4v) is 2.28. The average molecular weight is 377 g/mol. The quantitative estimate of drug-likeness (QED) is 0.545. The van der Waals surface area contributed by atoms with Crippen LogP contribution in [0.3, 0.4) is 0 Å². The summed E-state index contributed by atoms with van der Waals surface area (Å²) in [4.78, 5) is 12.0. The van der Waals surface area contributed by atoms with Crippen molar-refractivity contribution in [1.82, 2.24) is 0 Å². The first-order valence-electron chi connectivity index (χ1n) is 7.52. The normalized spacial score (nSPS) is 11.1. The van der Waals surface area contributed by atoms with Gasteiger partial charge >= 0.3 is 5.97 Å². The SMILES string of the molecule is CC(C)(C)c1ccc(C(=O)OCCOc2ccc(Br)cc2)cc1. The van der Waals surface area contributed by atoms with E-state index in [1.165, 1.54) is 5.56 Å². The molecule has 0 heterocycles. The first-order chi connectivity index (χ1) is 10.9. The smallest absolute Gasteiger partial charge is 0.338 e. The van der Waals surface area contributed by atoms with Crippen LogP contribution in [0, 0.1) is 0 Å². The Balaban J connectivity index is 1.79. The van der Waals surface area contributed by atoms with Gasteiger partial charge in [0, 0.05) is 4.47 Å². The molecule has 2 aromatic rings. The zero-order valence-corrected chi connectivity index (χ0v) is 15.2. The van der Waals surface area contributed by atoms with E-state index in [0.717, 1.165) is 10.2 Å². The molecule has 2 rings (SSSR count). The van der Waals surface area contributed by atoms with E-state index in [0.29, 0.717) is 12.2 Å². The van der Waals surface area contributed by atoms with Gasteiger partial charge in [-0.3, -0.25) is 0 Å². The fourth-order valence-electron chi connectivity index (χ4n) is 2.01. The third-order valence-electron chi connectivity index (χ3n) is 3.39. The minimum absolute atomic E-state index is 0.0704. The minimum Gasteiger partial charge on any atom is -0.490 e. The van der Waals surface area contributed by atoms with Crippen LogP contribution in [0.1, 0.15) is 36.7 Å². The number of carbonyl (C=O) groups is 1. The molecule has 2 aromatic carbocycles. The van der Waals surface area contributed by atoms with Crippen molar-refractivity contribution in [3.63, 3.8) is 0 Å². The van der Waals surface area contributed by atoms with E-state index in [1.54, 1.807) is 12.1 Å². The molecule has 0 N–H and O–H groups in total. The van der Waals surface area contributed by atoms with Crippen molar-refractivity contribution in [2.45, 2.75) is 26.2 Å². The molecule has 0 atom stereocenters. The molecule has 23 heavy (non-hydrogen) atoms. The lowest BCUT2D eigenvalue weighted by Crippen LogP contribution is -2.14. The number of hydrogen-bond donors (Lipinski definition) is 0. The van der Waals surface area contributed by atoms with Gasteiger partial charge < -0.3 is 9.47 Å². The topological polar surface area (TPSA) is 35.5 Å². The molecule has 0 saturated carbocycles. The van der Waals surface area contributed by atoms with Gasteiger partial charge in [-0.05, 0) is 47.4 Å². The zero-order chi connectivity index (χ0) is 16.9. The summed E-state index contributed by atoms with van der Waals surface area (Å²) in [6.07, 6.45) is 0. The summed E-state index contributed by atoms with van der Waals surface area (Å²) in [7, 11) is 0. The molecule has 0 aromatic heterocycles. The summed E-state index contributed by atoms with van der Waals surface area (Å²) in [6, 6.07) is 15.1. The molecule has 0 unspecified atom stereocenters. The number of hydrogen-bond acceptors (Lipinski definition) is 3. The Morgan fingerprint density at radius 2 is 1.57 bits per heavy atom. The van der Waals surface area contributed by atoms with Gasteiger partial charge in [-0.15, -0.1) is 0 Å². The van der Waals surface area contributed by atoms with Crippen molar-refractivity contribution in [2.24, 2.45) is 0 Å². The van der Waals surface area contributed by atoms with Gasteiger partial charge in [0.15, 0.2) is 0 Å². The lowest BCUT2D eigenvalue weighted by molar-refractivity contribution is 0.0450. The number of benzene rings is 2. The first kappa shape index (κ1) is 17.5.